The van der Waals surface area contributed by atoms with Gasteiger partial charge in [0.05, 0.1) is 8.80 Å². The molecule has 0 rings (SSSR count). The standard InChI is InChI=1S/C9H15Si/c1-4-7-10(8-5-2)9-6-3/h4-6H,1-3,7-9H2. The number of allylic oxidation sites excluding steroid dienone is 3. The predicted molar refractivity (Wildman–Crippen MR) is 50.8 cm³/mol. The molecule has 0 amide bonds. The Kier molecular flexibility index (Phi) is 6.19. The van der Waals surface area contributed by atoms with Crippen molar-refractivity contribution in [2.24, 2.45) is 0 Å². The Morgan fingerprint density at radius 3 is 1.30 bits per heavy atom. The molecule has 0 nitrogen and oxygen atoms in total. The van der Waals surface area contributed by atoms with Gasteiger partial charge >= 0.3 is 0 Å². The molecule has 0 aromatic rings. The molecule has 0 saturated carbocycles. The molecule has 1 radical (unpaired) electrons. The van der Waals surface area contributed by atoms with Crippen molar-refractivity contribution in [1.82, 2.24) is 0 Å². The molecule has 0 bridgehead atoms. The van der Waals surface area contributed by atoms with E-state index in [0.29, 0.717) is 0 Å². The Labute approximate surface area is 65.6 Å². The van der Waals surface area contributed by atoms with Crippen molar-refractivity contribution < 1.29 is 0 Å². The van der Waals surface area contributed by atoms with Crippen LogP contribution in [0.5, 0.6) is 0 Å². The smallest absolute Gasteiger partial charge is 0.0598 e. The van der Waals surface area contributed by atoms with E-state index in [9.17, 15) is 0 Å². The lowest BCUT2D eigenvalue weighted by atomic mass is 10.7. The van der Waals surface area contributed by atoms with Gasteiger partial charge in [0.15, 0.2) is 0 Å². The van der Waals surface area contributed by atoms with Crippen LogP contribution < -0.4 is 0 Å². The third-order valence-corrected chi connectivity index (χ3v) is 3.90. The van der Waals surface area contributed by atoms with Gasteiger partial charge < -0.3 is 0 Å². The number of rotatable bonds is 6. The third-order valence-electron chi connectivity index (χ3n) is 1.30. The normalized spacial score (nSPS) is 9.30. The van der Waals surface area contributed by atoms with Crippen molar-refractivity contribution in [3.05, 3.63) is 38.0 Å². The lowest BCUT2D eigenvalue weighted by Gasteiger charge is -2.05. The SMILES string of the molecule is C=CC[Si](CC=C)CC=C. The lowest BCUT2D eigenvalue weighted by molar-refractivity contribution is 1.45. The van der Waals surface area contributed by atoms with Crippen LogP contribution >= 0.6 is 0 Å². The Balaban J connectivity index is 3.58. The highest BCUT2D eigenvalue weighted by Crippen LogP contribution is 2.06. The minimum Gasteiger partial charge on any atom is -0.103 e. The maximum Gasteiger partial charge on any atom is 0.0598 e. The van der Waals surface area contributed by atoms with E-state index in [1.165, 1.54) is 18.1 Å². The molecule has 0 fully saturated rings. The zero-order chi connectivity index (χ0) is 7.82. The first-order valence-corrected chi connectivity index (χ1v) is 5.63. The molecule has 55 valence electrons. The minimum atomic E-state index is -0.252. The average molecular weight is 151 g/mol. The van der Waals surface area contributed by atoms with E-state index >= 15 is 0 Å². The quantitative estimate of drug-likeness (QED) is 0.404. The zero-order valence-corrected chi connectivity index (χ0v) is 7.47. The van der Waals surface area contributed by atoms with Crippen molar-refractivity contribution in [2.75, 3.05) is 0 Å². The summed E-state index contributed by atoms with van der Waals surface area (Å²) in [5.74, 6) is 0. The van der Waals surface area contributed by atoms with Crippen LogP contribution in [0.1, 0.15) is 0 Å². The summed E-state index contributed by atoms with van der Waals surface area (Å²) in [5, 5.41) is 0. The van der Waals surface area contributed by atoms with Gasteiger partial charge in [0, 0.05) is 0 Å². The van der Waals surface area contributed by atoms with Crippen molar-refractivity contribution in [2.45, 2.75) is 18.1 Å². The Morgan fingerprint density at radius 1 is 0.800 bits per heavy atom. The Hall–Kier alpha value is -0.563. The van der Waals surface area contributed by atoms with E-state index in [-0.39, 0.29) is 8.80 Å². The van der Waals surface area contributed by atoms with Gasteiger partial charge in [-0.1, -0.05) is 18.2 Å². The van der Waals surface area contributed by atoms with E-state index in [0.717, 1.165) is 0 Å². The van der Waals surface area contributed by atoms with E-state index in [2.05, 4.69) is 19.7 Å². The first-order valence-electron chi connectivity index (χ1n) is 3.51. The monoisotopic (exact) mass is 151 g/mol. The van der Waals surface area contributed by atoms with Crippen LogP contribution in [-0.2, 0) is 0 Å². The molecule has 0 spiro atoms. The largest absolute Gasteiger partial charge is 0.103 e. The molecular weight excluding hydrogens is 136 g/mol. The first-order chi connectivity index (χ1) is 4.85. The van der Waals surface area contributed by atoms with Gasteiger partial charge in [0.1, 0.15) is 0 Å². The molecular formula is C9H15Si. The van der Waals surface area contributed by atoms with Gasteiger partial charge in [0.25, 0.3) is 0 Å². The van der Waals surface area contributed by atoms with E-state index in [4.69, 9.17) is 0 Å². The van der Waals surface area contributed by atoms with Crippen LogP contribution in [0.2, 0.25) is 18.1 Å². The number of hydrogen-bond donors (Lipinski definition) is 0. The van der Waals surface area contributed by atoms with E-state index < -0.39 is 0 Å². The molecule has 0 aliphatic carbocycles. The Morgan fingerprint density at radius 2 is 1.10 bits per heavy atom. The fourth-order valence-corrected chi connectivity index (χ4v) is 2.59. The summed E-state index contributed by atoms with van der Waals surface area (Å²) < 4.78 is 0. The highest BCUT2D eigenvalue weighted by atomic mass is 28.3. The second-order valence-electron chi connectivity index (χ2n) is 2.23. The van der Waals surface area contributed by atoms with Crippen molar-refractivity contribution in [1.29, 1.82) is 0 Å². The van der Waals surface area contributed by atoms with Gasteiger partial charge in [-0.2, -0.15) is 0 Å². The molecule has 0 aliphatic rings. The lowest BCUT2D eigenvalue weighted by Crippen LogP contribution is -2.07. The topological polar surface area (TPSA) is 0 Å². The van der Waals surface area contributed by atoms with Crippen molar-refractivity contribution >= 4 is 8.80 Å². The van der Waals surface area contributed by atoms with Crippen LogP contribution in [-0.4, -0.2) is 8.80 Å². The zero-order valence-electron chi connectivity index (χ0n) is 6.47. The van der Waals surface area contributed by atoms with Crippen molar-refractivity contribution in [3.8, 4) is 0 Å². The highest BCUT2D eigenvalue weighted by molar-refractivity contribution is 6.60. The van der Waals surface area contributed by atoms with E-state index in [1.807, 2.05) is 18.2 Å². The summed E-state index contributed by atoms with van der Waals surface area (Å²) >= 11 is 0. The van der Waals surface area contributed by atoms with Crippen LogP contribution in [0, 0.1) is 0 Å². The van der Waals surface area contributed by atoms with Gasteiger partial charge in [-0.15, -0.1) is 19.7 Å². The maximum absolute atomic E-state index is 3.72. The number of hydrogen-bond acceptors (Lipinski definition) is 0. The summed E-state index contributed by atoms with van der Waals surface area (Å²) in [4.78, 5) is 0. The van der Waals surface area contributed by atoms with Crippen molar-refractivity contribution in [3.63, 3.8) is 0 Å². The van der Waals surface area contributed by atoms with Crippen LogP contribution in [0.25, 0.3) is 0 Å². The molecule has 0 aliphatic heterocycles. The second kappa shape index (κ2) is 6.56. The third kappa shape index (κ3) is 4.33. The van der Waals surface area contributed by atoms with E-state index in [1.54, 1.807) is 0 Å². The molecule has 0 aromatic carbocycles. The summed E-state index contributed by atoms with van der Waals surface area (Å²) in [7, 11) is -0.252. The van der Waals surface area contributed by atoms with Gasteiger partial charge in [-0.25, -0.2) is 0 Å². The maximum atomic E-state index is 3.72. The van der Waals surface area contributed by atoms with Gasteiger partial charge in [-0.05, 0) is 18.1 Å². The molecule has 10 heavy (non-hydrogen) atoms. The molecule has 0 aromatic heterocycles. The predicted octanol–water partition coefficient (Wildman–Crippen LogP) is 3.04. The van der Waals surface area contributed by atoms with Crippen LogP contribution in [0.3, 0.4) is 0 Å². The minimum absolute atomic E-state index is 0.252. The van der Waals surface area contributed by atoms with Gasteiger partial charge in [-0.3, -0.25) is 0 Å². The summed E-state index contributed by atoms with van der Waals surface area (Å²) in [6.45, 7) is 11.2. The van der Waals surface area contributed by atoms with Gasteiger partial charge in [0.2, 0.25) is 0 Å². The average Bonchev–Trinajstić information content (AvgIpc) is 1.90. The van der Waals surface area contributed by atoms with Crippen LogP contribution in [0.15, 0.2) is 38.0 Å². The molecule has 1 heteroatoms. The molecule has 0 atom stereocenters. The molecule has 0 saturated heterocycles. The highest BCUT2D eigenvalue weighted by Gasteiger charge is 2.02. The molecule has 0 N–H and O–H groups in total. The second-order valence-corrected chi connectivity index (χ2v) is 4.95. The summed E-state index contributed by atoms with van der Waals surface area (Å²) in [5.41, 5.74) is 0. The Bertz CT molecular complexity index is 92.1. The summed E-state index contributed by atoms with van der Waals surface area (Å²) in [6, 6.07) is 3.51. The first kappa shape index (κ1) is 9.44. The van der Waals surface area contributed by atoms with Crippen LogP contribution in [0.4, 0.5) is 0 Å². The fraction of sp³-hybridized carbons (Fsp3) is 0.333. The summed E-state index contributed by atoms with van der Waals surface area (Å²) in [6.07, 6.45) is 6.00. The molecule has 0 unspecified atom stereocenters. The molecule has 0 heterocycles. The fourth-order valence-electron chi connectivity index (χ4n) is 0.862.